The van der Waals surface area contributed by atoms with Gasteiger partial charge in [0.15, 0.2) is 0 Å². The summed E-state index contributed by atoms with van der Waals surface area (Å²) >= 11 is 0. The van der Waals surface area contributed by atoms with Crippen LogP contribution >= 0.6 is 0 Å². The van der Waals surface area contributed by atoms with Crippen molar-refractivity contribution in [3.05, 3.63) is 65.7 Å². The lowest BCUT2D eigenvalue weighted by molar-refractivity contribution is -0.142. The highest BCUT2D eigenvalue weighted by molar-refractivity contribution is 6.23. The molecule has 0 unspecified atom stereocenters. The van der Waals surface area contributed by atoms with Gasteiger partial charge in [-0.1, -0.05) is 48.0 Å². The van der Waals surface area contributed by atoms with Crippen molar-refractivity contribution in [2.24, 2.45) is 11.8 Å². The van der Waals surface area contributed by atoms with Gasteiger partial charge in [0.2, 0.25) is 11.8 Å². The first-order chi connectivity index (χ1) is 13.9. The molecule has 0 bridgehead atoms. The van der Waals surface area contributed by atoms with Crippen LogP contribution in [0.5, 0.6) is 0 Å². The van der Waals surface area contributed by atoms with Crippen molar-refractivity contribution in [3.63, 3.8) is 0 Å². The van der Waals surface area contributed by atoms with E-state index >= 15 is 0 Å². The van der Waals surface area contributed by atoms with Crippen LogP contribution in [0.3, 0.4) is 0 Å². The summed E-state index contributed by atoms with van der Waals surface area (Å²) in [5.41, 5.74) is 1.71. The van der Waals surface area contributed by atoms with Crippen molar-refractivity contribution in [2.45, 2.75) is 31.8 Å². The van der Waals surface area contributed by atoms with Crippen molar-refractivity contribution < 1.29 is 19.1 Å². The van der Waals surface area contributed by atoms with Gasteiger partial charge < -0.3 is 10.1 Å². The highest BCUT2D eigenvalue weighted by atomic mass is 16.5. The Bertz CT molecular complexity index is 957. The molecule has 29 heavy (non-hydrogen) atoms. The average Bonchev–Trinajstić information content (AvgIpc) is 3.16. The molecule has 2 amide bonds. The van der Waals surface area contributed by atoms with Crippen LogP contribution < -0.4 is 10.2 Å². The van der Waals surface area contributed by atoms with Gasteiger partial charge in [-0.25, -0.2) is 4.90 Å². The fourth-order valence-electron chi connectivity index (χ4n) is 4.66. The van der Waals surface area contributed by atoms with Gasteiger partial charge >= 0.3 is 5.97 Å². The number of carbonyl (C=O) groups excluding carboxylic acids is 3. The summed E-state index contributed by atoms with van der Waals surface area (Å²) in [5.74, 6) is -2.17. The van der Waals surface area contributed by atoms with Crippen molar-refractivity contribution in [2.75, 3.05) is 12.0 Å². The number of carbonyl (C=O) groups is 3. The standard InChI is InChI=1S/C23H24N2O4/c1-14-9-11-15(12-10-14)20-18-19(23(2,24-20)13-17(26)29-3)22(28)25(21(18)27)16-7-5-4-6-8-16/h4-12,18-20,24H,13H2,1-3H3/t18-,19+,20-,23+/m1/s1. The number of benzene rings is 2. The molecule has 0 aromatic heterocycles. The fraction of sp³-hybridized carbons (Fsp3) is 0.348. The molecular weight excluding hydrogens is 368 g/mol. The van der Waals surface area contributed by atoms with E-state index in [1.54, 1.807) is 24.3 Å². The van der Waals surface area contributed by atoms with Crippen LogP contribution in [0.25, 0.3) is 0 Å². The number of rotatable bonds is 4. The van der Waals surface area contributed by atoms with E-state index in [2.05, 4.69) is 5.32 Å². The maximum absolute atomic E-state index is 13.4. The summed E-state index contributed by atoms with van der Waals surface area (Å²) in [4.78, 5) is 40.3. The van der Waals surface area contributed by atoms with E-state index in [0.717, 1.165) is 11.1 Å². The van der Waals surface area contributed by atoms with E-state index in [4.69, 9.17) is 4.74 Å². The maximum Gasteiger partial charge on any atom is 0.307 e. The minimum atomic E-state index is -0.885. The maximum atomic E-state index is 13.4. The molecule has 2 aromatic carbocycles. The molecule has 2 fully saturated rings. The number of anilines is 1. The summed E-state index contributed by atoms with van der Waals surface area (Å²) in [7, 11) is 1.33. The van der Waals surface area contributed by atoms with Crippen LogP contribution in [0.15, 0.2) is 54.6 Å². The zero-order valence-corrected chi connectivity index (χ0v) is 16.7. The molecule has 2 saturated heterocycles. The number of ether oxygens (including phenoxy) is 1. The molecule has 150 valence electrons. The normalized spacial score (nSPS) is 28.5. The van der Waals surface area contributed by atoms with Crippen LogP contribution in [-0.2, 0) is 19.1 Å². The number of hydrogen-bond donors (Lipinski definition) is 1. The molecule has 6 nitrogen and oxygen atoms in total. The number of hydrogen-bond acceptors (Lipinski definition) is 5. The monoisotopic (exact) mass is 392 g/mol. The Kier molecular flexibility index (Phi) is 4.74. The van der Waals surface area contributed by atoms with Crippen molar-refractivity contribution in [1.29, 1.82) is 0 Å². The molecule has 4 rings (SSSR count). The molecule has 0 saturated carbocycles. The van der Waals surface area contributed by atoms with Gasteiger partial charge in [-0.05, 0) is 31.5 Å². The molecule has 2 heterocycles. The molecule has 2 aromatic rings. The molecule has 0 radical (unpaired) electrons. The number of imide groups is 1. The summed E-state index contributed by atoms with van der Waals surface area (Å²) in [6.07, 6.45) is 0.00861. The number of nitrogens with zero attached hydrogens (tertiary/aromatic N) is 1. The number of methoxy groups -OCH3 is 1. The van der Waals surface area contributed by atoms with E-state index < -0.39 is 23.3 Å². The Morgan fingerprint density at radius 1 is 1.07 bits per heavy atom. The fourth-order valence-corrected chi connectivity index (χ4v) is 4.66. The molecule has 0 spiro atoms. The number of fused-ring (bicyclic) bond motifs is 1. The average molecular weight is 392 g/mol. The Hall–Kier alpha value is -2.99. The van der Waals surface area contributed by atoms with E-state index in [1.165, 1.54) is 12.0 Å². The highest BCUT2D eigenvalue weighted by Gasteiger charge is 2.64. The van der Waals surface area contributed by atoms with Crippen LogP contribution in [0.1, 0.15) is 30.5 Å². The van der Waals surface area contributed by atoms with Gasteiger partial charge in [0, 0.05) is 11.6 Å². The lowest BCUT2D eigenvalue weighted by Crippen LogP contribution is -2.49. The number of amides is 2. The van der Waals surface area contributed by atoms with Crippen LogP contribution in [0.4, 0.5) is 5.69 Å². The van der Waals surface area contributed by atoms with Crippen LogP contribution in [-0.4, -0.2) is 30.4 Å². The molecule has 4 atom stereocenters. The summed E-state index contributed by atoms with van der Waals surface area (Å²) in [6, 6.07) is 16.5. The lowest BCUT2D eigenvalue weighted by atomic mass is 9.78. The second-order valence-electron chi connectivity index (χ2n) is 8.05. The zero-order chi connectivity index (χ0) is 20.8. The van der Waals surface area contributed by atoms with E-state index in [9.17, 15) is 14.4 Å². The minimum Gasteiger partial charge on any atom is -0.469 e. The Labute approximate surface area is 169 Å². The third kappa shape index (κ3) is 3.13. The minimum absolute atomic E-state index is 0.00861. The first-order valence-electron chi connectivity index (χ1n) is 9.69. The Morgan fingerprint density at radius 3 is 2.34 bits per heavy atom. The number of nitrogens with one attached hydrogen (secondary N) is 1. The Morgan fingerprint density at radius 2 is 1.72 bits per heavy atom. The number of para-hydroxylation sites is 1. The first-order valence-corrected chi connectivity index (χ1v) is 9.69. The number of esters is 1. The lowest BCUT2D eigenvalue weighted by Gasteiger charge is -2.30. The van der Waals surface area contributed by atoms with Gasteiger partial charge in [0.05, 0.1) is 31.1 Å². The summed E-state index contributed by atoms with van der Waals surface area (Å²) in [6.45, 7) is 3.83. The third-order valence-corrected chi connectivity index (χ3v) is 6.07. The highest BCUT2D eigenvalue weighted by Crippen LogP contribution is 2.50. The van der Waals surface area contributed by atoms with Gasteiger partial charge in [-0.15, -0.1) is 0 Å². The van der Waals surface area contributed by atoms with Crippen molar-refractivity contribution in [3.8, 4) is 0 Å². The summed E-state index contributed by atoms with van der Waals surface area (Å²) < 4.78 is 4.87. The zero-order valence-electron chi connectivity index (χ0n) is 16.7. The molecule has 2 aliphatic heterocycles. The van der Waals surface area contributed by atoms with Gasteiger partial charge in [-0.3, -0.25) is 14.4 Å². The van der Waals surface area contributed by atoms with Gasteiger partial charge in [0.1, 0.15) is 0 Å². The van der Waals surface area contributed by atoms with E-state index in [1.807, 2.05) is 44.2 Å². The predicted molar refractivity (Wildman–Crippen MR) is 108 cm³/mol. The largest absolute Gasteiger partial charge is 0.469 e. The van der Waals surface area contributed by atoms with E-state index in [0.29, 0.717) is 5.69 Å². The van der Waals surface area contributed by atoms with Crippen molar-refractivity contribution in [1.82, 2.24) is 5.32 Å². The topological polar surface area (TPSA) is 75.7 Å². The molecule has 6 heteroatoms. The van der Waals surface area contributed by atoms with E-state index in [-0.39, 0.29) is 24.3 Å². The molecular formula is C23H24N2O4. The molecule has 2 aliphatic rings. The summed E-state index contributed by atoms with van der Waals surface area (Å²) in [5, 5.41) is 3.43. The number of aryl methyl sites for hydroxylation is 1. The van der Waals surface area contributed by atoms with Crippen LogP contribution in [0.2, 0.25) is 0 Å². The second-order valence-corrected chi connectivity index (χ2v) is 8.05. The predicted octanol–water partition coefficient (Wildman–Crippen LogP) is 2.77. The van der Waals surface area contributed by atoms with Gasteiger partial charge in [-0.2, -0.15) is 0 Å². The quantitative estimate of drug-likeness (QED) is 0.640. The smallest absolute Gasteiger partial charge is 0.307 e. The Balaban J connectivity index is 1.79. The second kappa shape index (κ2) is 7.12. The first kappa shape index (κ1) is 19.3. The third-order valence-electron chi connectivity index (χ3n) is 6.07. The SMILES string of the molecule is COC(=O)C[C@]1(C)N[C@H](c2ccc(C)cc2)[C@@H]2C(=O)N(c3ccccc3)C(=O)[C@H]21. The van der Waals surface area contributed by atoms with Gasteiger partial charge in [0.25, 0.3) is 0 Å². The van der Waals surface area contributed by atoms with Crippen LogP contribution in [0, 0.1) is 18.8 Å². The van der Waals surface area contributed by atoms with Crippen molar-refractivity contribution >= 4 is 23.5 Å². The molecule has 1 N–H and O–H groups in total. The molecule has 0 aliphatic carbocycles.